The zero-order valence-corrected chi connectivity index (χ0v) is 11.3. The van der Waals surface area contributed by atoms with Crippen LogP contribution in [-0.4, -0.2) is 24.2 Å². The second-order valence-corrected chi connectivity index (χ2v) is 4.17. The number of fused-ring (bicyclic) bond motifs is 1. The molecule has 0 bridgehead atoms. The van der Waals surface area contributed by atoms with Crippen LogP contribution in [0.5, 0.6) is 11.5 Å². The van der Waals surface area contributed by atoms with Gasteiger partial charge in [0.25, 0.3) is 0 Å². The number of nitrogens with zero attached hydrogens (tertiary/aromatic N) is 2. The van der Waals surface area contributed by atoms with Crippen molar-refractivity contribution in [2.45, 2.75) is 26.7 Å². The molecule has 1 aromatic carbocycles. The Bertz CT molecular complexity index is 567. The van der Waals surface area contributed by atoms with E-state index >= 15 is 0 Å². The minimum absolute atomic E-state index is 0.726. The number of aromatic nitrogens is 2. The van der Waals surface area contributed by atoms with Gasteiger partial charge in [0.15, 0.2) is 0 Å². The van der Waals surface area contributed by atoms with Gasteiger partial charge in [0.2, 0.25) is 0 Å². The molecule has 18 heavy (non-hydrogen) atoms. The molecule has 0 radical (unpaired) electrons. The summed E-state index contributed by atoms with van der Waals surface area (Å²) < 4.78 is 10.7. The van der Waals surface area contributed by atoms with Crippen LogP contribution >= 0.6 is 0 Å². The normalized spacial score (nSPS) is 10.7. The van der Waals surface area contributed by atoms with Crippen molar-refractivity contribution in [2.75, 3.05) is 14.2 Å². The van der Waals surface area contributed by atoms with Crippen molar-refractivity contribution in [1.82, 2.24) is 9.97 Å². The molecule has 0 aliphatic heterocycles. The van der Waals surface area contributed by atoms with E-state index in [-0.39, 0.29) is 0 Å². The lowest BCUT2D eigenvalue weighted by Crippen LogP contribution is -2.01. The summed E-state index contributed by atoms with van der Waals surface area (Å²) in [6.07, 6.45) is 1.97. The van der Waals surface area contributed by atoms with Crippen molar-refractivity contribution in [2.24, 2.45) is 0 Å². The molecule has 1 heterocycles. The third kappa shape index (κ3) is 2.10. The lowest BCUT2D eigenvalue weighted by atomic mass is 10.2. The van der Waals surface area contributed by atoms with Crippen LogP contribution in [0.1, 0.15) is 24.7 Å². The highest BCUT2D eigenvalue weighted by atomic mass is 16.5. The number of aryl methyl sites for hydroxylation is 2. The molecule has 0 atom stereocenters. The van der Waals surface area contributed by atoms with Crippen LogP contribution in [-0.2, 0) is 6.42 Å². The fourth-order valence-electron chi connectivity index (χ4n) is 2.01. The summed E-state index contributed by atoms with van der Waals surface area (Å²) in [6, 6.07) is 3.72. The molecule has 1 aromatic heterocycles. The monoisotopic (exact) mass is 246 g/mol. The van der Waals surface area contributed by atoms with Gasteiger partial charge in [-0.05, 0) is 25.5 Å². The molecule has 0 spiro atoms. The highest BCUT2D eigenvalue weighted by Gasteiger charge is 2.13. The van der Waals surface area contributed by atoms with Crippen molar-refractivity contribution in [3.8, 4) is 11.5 Å². The third-order valence-corrected chi connectivity index (χ3v) is 2.95. The summed E-state index contributed by atoms with van der Waals surface area (Å²) in [6.45, 7) is 4.12. The molecular weight excluding hydrogens is 228 g/mol. The highest BCUT2D eigenvalue weighted by Crippen LogP contribution is 2.31. The van der Waals surface area contributed by atoms with Gasteiger partial charge in [-0.15, -0.1) is 0 Å². The van der Waals surface area contributed by atoms with Gasteiger partial charge in [-0.1, -0.05) is 13.3 Å². The lowest BCUT2D eigenvalue weighted by Gasteiger charge is -2.11. The van der Waals surface area contributed by atoms with E-state index in [0.29, 0.717) is 0 Å². The topological polar surface area (TPSA) is 44.2 Å². The molecule has 4 heteroatoms. The fraction of sp³-hybridized carbons (Fsp3) is 0.429. The third-order valence-electron chi connectivity index (χ3n) is 2.95. The first-order valence-corrected chi connectivity index (χ1v) is 6.09. The van der Waals surface area contributed by atoms with E-state index in [0.717, 1.165) is 46.8 Å². The Kier molecular flexibility index (Phi) is 3.65. The molecule has 2 rings (SSSR count). The van der Waals surface area contributed by atoms with Crippen LogP contribution in [0.15, 0.2) is 12.1 Å². The molecule has 96 valence electrons. The van der Waals surface area contributed by atoms with Gasteiger partial charge in [0, 0.05) is 0 Å². The standard InChI is InChI=1S/C14H18N2O2/c1-5-6-10-9(2)15-13-11(17-3)7-8-12(18-4)14(13)16-10/h7-8H,5-6H2,1-4H3. The molecule has 0 N–H and O–H groups in total. The highest BCUT2D eigenvalue weighted by molar-refractivity contribution is 5.86. The average molecular weight is 246 g/mol. The molecular formula is C14H18N2O2. The fourth-order valence-corrected chi connectivity index (χ4v) is 2.01. The Morgan fingerprint density at radius 3 is 2.06 bits per heavy atom. The Hall–Kier alpha value is -1.84. The number of hydrogen-bond donors (Lipinski definition) is 0. The molecule has 0 amide bonds. The van der Waals surface area contributed by atoms with Crippen LogP contribution in [0.4, 0.5) is 0 Å². The van der Waals surface area contributed by atoms with Gasteiger partial charge in [-0.2, -0.15) is 0 Å². The van der Waals surface area contributed by atoms with Crippen molar-refractivity contribution in [3.63, 3.8) is 0 Å². The minimum Gasteiger partial charge on any atom is -0.494 e. The van der Waals surface area contributed by atoms with E-state index in [2.05, 4.69) is 16.9 Å². The van der Waals surface area contributed by atoms with Crippen LogP contribution in [0.2, 0.25) is 0 Å². The van der Waals surface area contributed by atoms with Gasteiger partial charge in [-0.3, -0.25) is 0 Å². The number of methoxy groups -OCH3 is 2. The number of rotatable bonds is 4. The van der Waals surface area contributed by atoms with E-state index < -0.39 is 0 Å². The van der Waals surface area contributed by atoms with Crippen LogP contribution in [0.25, 0.3) is 11.0 Å². The van der Waals surface area contributed by atoms with Crippen molar-refractivity contribution >= 4 is 11.0 Å². The van der Waals surface area contributed by atoms with Gasteiger partial charge in [-0.25, -0.2) is 9.97 Å². The molecule has 0 aliphatic rings. The summed E-state index contributed by atoms with van der Waals surface area (Å²) in [4.78, 5) is 9.28. The Morgan fingerprint density at radius 2 is 1.56 bits per heavy atom. The van der Waals surface area contributed by atoms with Gasteiger partial charge < -0.3 is 9.47 Å². The first-order chi connectivity index (χ1) is 8.71. The largest absolute Gasteiger partial charge is 0.494 e. The van der Waals surface area contributed by atoms with Gasteiger partial charge >= 0.3 is 0 Å². The van der Waals surface area contributed by atoms with Crippen molar-refractivity contribution < 1.29 is 9.47 Å². The minimum atomic E-state index is 0.726. The summed E-state index contributed by atoms with van der Waals surface area (Å²) in [5.74, 6) is 1.46. The van der Waals surface area contributed by atoms with Gasteiger partial charge in [0.1, 0.15) is 22.5 Å². The van der Waals surface area contributed by atoms with Gasteiger partial charge in [0.05, 0.1) is 25.6 Å². The Balaban J connectivity index is 2.72. The maximum Gasteiger partial charge on any atom is 0.146 e. The van der Waals surface area contributed by atoms with E-state index in [1.54, 1.807) is 14.2 Å². The summed E-state index contributed by atoms with van der Waals surface area (Å²) in [5, 5.41) is 0. The van der Waals surface area contributed by atoms with E-state index in [1.165, 1.54) is 0 Å². The van der Waals surface area contributed by atoms with Crippen LogP contribution < -0.4 is 9.47 Å². The summed E-state index contributed by atoms with van der Waals surface area (Å²) >= 11 is 0. The average Bonchev–Trinajstić information content (AvgIpc) is 2.39. The smallest absolute Gasteiger partial charge is 0.146 e. The summed E-state index contributed by atoms with van der Waals surface area (Å²) in [7, 11) is 3.28. The zero-order valence-electron chi connectivity index (χ0n) is 11.3. The summed E-state index contributed by atoms with van der Waals surface area (Å²) in [5.41, 5.74) is 3.51. The molecule has 0 aliphatic carbocycles. The van der Waals surface area contributed by atoms with Crippen LogP contribution in [0.3, 0.4) is 0 Å². The number of benzene rings is 1. The Labute approximate surface area is 107 Å². The maximum atomic E-state index is 5.34. The molecule has 0 fully saturated rings. The second-order valence-electron chi connectivity index (χ2n) is 4.17. The molecule has 4 nitrogen and oxygen atoms in total. The molecule has 0 saturated heterocycles. The lowest BCUT2D eigenvalue weighted by molar-refractivity contribution is 0.409. The van der Waals surface area contributed by atoms with Crippen LogP contribution in [0, 0.1) is 6.92 Å². The van der Waals surface area contributed by atoms with E-state index in [9.17, 15) is 0 Å². The predicted octanol–water partition coefficient (Wildman–Crippen LogP) is 2.91. The molecule has 0 saturated carbocycles. The van der Waals surface area contributed by atoms with E-state index in [4.69, 9.17) is 9.47 Å². The second kappa shape index (κ2) is 5.21. The molecule has 2 aromatic rings. The zero-order chi connectivity index (χ0) is 13.1. The first-order valence-electron chi connectivity index (χ1n) is 6.09. The number of ether oxygens (including phenoxy) is 2. The quantitative estimate of drug-likeness (QED) is 0.832. The van der Waals surface area contributed by atoms with Crippen molar-refractivity contribution in [1.29, 1.82) is 0 Å². The molecule has 0 unspecified atom stereocenters. The number of hydrogen-bond acceptors (Lipinski definition) is 4. The predicted molar refractivity (Wildman–Crippen MR) is 71.4 cm³/mol. The van der Waals surface area contributed by atoms with Crippen molar-refractivity contribution in [3.05, 3.63) is 23.5 Å². The SMILES string of the molecule is CCCc1nc2c(OC)ccc(OC)c2nc1C. The maximum absolute atomic E-state index is 5.34. The first kappa shape index (κ1) is 12.6. The van der Waals surface area contributed by atoms with E-state index in [1.807, 2.05) is 19.1 Å². The Morgan fingerprint density at radius 1 is 1.00 bits per heavy atom.